The van der Waals surface area contributed by atoms with Crippen LogP contribution in [0.2, 0.25) is 0 Å². The molecular formula is C19H28N2O2. The molecule has 2 aliphatic rings. The van der Waals surface area contributed by atoms with E-state index in [0.29, 0.717) is 30.4 Å². The van der Waals surface area contributed by atoms with Gasteiger partial charge in [-0.3, -0.25) is 4.79 Å². The zero-order valence-corrected chi connectivity index (χ0v) is 14.4. The number of ether oxygens (including phenoxy) is 1. The first-order chi connectivity index (χ1) is 11.1. The summed E-state index contributed by atoms with van der Waals surface area (Å²) in [5.74, 6) is 1.23. The molecule has 1 fully saturated rings. The molecule has 4 heteroatoms. The Morgan fingerprint density at radius 3 is 2.78 bits per heavy atom. The topological polar surface area (TPSA) is 41.6 Å². The fourth-order valence-electron chi connectivity index (χ4n) is 3.56. The number of carbonyl (C=O) groups excluding carboxylic acids is 1. The SMILES string of the molecule is CCOC1CC(CC(=O)N2CC(C(C)C)Nc3ccccc32)C1. The molecule has 0 spiro atoms. The van der Waals surface area contributed by atoms with E-state index in [1.165, 1.54) is 0 Å². The molecule has 1 N–H and O–H groups in total. The summed E-state index contributed by atoms with van der Waals surface area (Å²) in [5.41, 5.74) is 2.10. The smallest absolute Gasteiger partial charge is 0.227 e. The Bertz CT molecular complexity index is 552. The molecule has 23 heavy (non-hydrogen) atoms. The molecule has 1 saturated carbocycles. The lowest BCUT2D eigenvalue weighted by molar-refractivity contribution is -0.121. The number of nitrogens with one attached hydrogen (secondary N) is 1. The summed E-state index contributed by atoms with van der Waals surface area (Å²) in [5, 5.41) is 3.57. The van der Waals surface area contributed by atoms with E-state index in [1.807, 2.05) is 30.0 Å². The van der Waals surface area contributed by atoms with Crippen molar-refractivity contribution in [3.8, 4) is 0 Å². The highest BCUT2D eigenvalue weighted by Gasteiger charge is 2.35. The molecule has 1 heterocycles. The Labute approximate surface area is 139 Å². The normalized spacial score (nSPS) is 26.4. The summed E-state index contributed by atoms with van der Waals surface area (Å²) in [6, 6.07) is 8.45. The molecule has 1 aliphatic heterocycles. The van der Waals surface area contributed by atoms with Gasteiger partial charge in [-0.15, -0.1) is 0 Å². The van der Waals surface area contributed by atoms with Crippen LogP contribution in [0.3, 0.4) is 0 Å². The van der Waals surface area contributed by atoms with E-state index in [-0.39, 0.29) is 5.91 Å². The largest absolute Gasteiger partial charge is 0.379 e. The van der Waals surface area contributed by atoms with E-state index in [1.54, 1.807) is 0 Å². The highest BCUT2D eigenvalue weighted by Crippen LogP contribution is 2.36. The van der Waals surface area contributed by atoms with Crippen molar-refractivity contribution in [1.29, 1.82) is 0 Å². The van der Waals surface area contributed by atoms with Gasteiger partial charge in [-0.2, -0.15) is 0 Å². The minimum atomic E-state index is 0.254. The zero-order chi connectivity index (χ0) is 16.4. The van der Waals surface area contributed by atoms with Crippen molar-refractivity contribution in [1.82, 2.24) is 0 Å². The van der Waals surface area contributed by atoms with Gasteiger partial charge in [0.15, 0.2) is 0 Å². The van der Waals surface area contributed by atoms with Gasteiger partial charge < -0.3 is 15.0 Å². The summed E-state index contributed by atoms with van der Waals surface area (Å²) < 4.78 is 5.60. The molecule has 3 rings (SSSR count). The average molecular weight is 316 g/mol. The summed E-state index contributed by atoms with van der Waals surface area (Å²) in [6.07, 6.45) is 3.07. The predicted octanol–water partition coefficient (Wildman–Crippen LogP) is 3.67. The van der Waals surface area contributed by atoms with Crippen molar-refractivity contribution in [2.45, 2.75) is 52.2 Å². The van der Waals surface area contributed by atoms with Crippen LogP contribution in [-0.2, 0) is 9.53 Å². The summed E-state index contributed by atoms with van der Waals surface area (Å²) in [6.45, 7) is 7.96. The summed E-state index contributed by atoms with van der Waals surface area (Å²) >= 11 is 0. The fraction of sp³-hybridized carbons (Fsp3) is 0.632. The highest BCUT2D eigenvalue weighted by molar-refractivity contribution is 5.98. The standard InChI is InChI=1S/C19H28N2O2/c1-4-23-15-9-14(10-15)11-19(22)21-12-17(13(2)3)20-16-7-5-6-8-18(16)21/h5-8,13-15,17,20H,4,9-12H2,1-3H3. The van der Waals surface area contributed by atoms with Crippen LogP contribution in [0.1, 0.15) is 40.0 Å². The molecule has 0 bridgehead atoms. The third kappa shape index (κ3) is 3.52. The van der Waals surface area contributed by atoms with E-state index >= 15 is 0 Å². The Kier molecular flexibility index (Phi) is 4.90. The van der Waals surface area contributed by atoms with Crippen molar-refractivity contribution in [3.05, 3.63) is 24.3 Å². The third-order valence-corrected chi connectivity index (χ3v) is 5.08. The van der Waals surface area contributed by atoms with E-state index in [0.717, 1.165) is 37.4 Å². The first kappa shape index (κ1) is 16.3. The van der Waals surface area contributed by atoms with Gasteiger partial charge in [0.05, 0.1) is 17.5 Å². The lowest BCUT2D eigenvalue weighted by Gasteiger charge is -2.40. The van der Waals surface area contributed by atoms with Gasteiger partial charge in [0.1, 0.15) is 0 Å². The zero-order valence-electron chi connectivity index (χ0n) is 14.4. The van der Waals surface area contributed by atoms with E-state index in [4.69, 9.17) is 4.74 Å². The third-order valence-electron chi connectivity index (χ3n) is 5.08. The van der Waals surface area contributed by atoms with Gasteiger partial charge in [-0.1, -0.05) is 26.0 Å². The number of hydrogen-bond acceptors (Lipinski definition) is 3. The van der Waals surface area contributed by atoms with Crippen LogP contribution in [-0.4, -0.2) is 31.2 Å². The monoisotopic (exact) mass is 316 g/mol. The van der Waals surface area contributed by atoms with Crippen LogP contribution < -0.4 is 10.2 Å². The summed E-state index contributed by atoms with van der Waals surface area (Å²) in [7, 11) is 0. The molecule has 0 saturated heterocycles. The fourth-order valence-corrected chi connectivity index (χ4v) is 3.56. The van der Waals surface area contributed by atoms with E-state index in [9.17, 15) is 4.79 Å². The predicted molar refractivity (Wildman–Crippen MR) is 93.8 cm³/mol. The Morgan fingerprint density at radius 2 is 2.09 bits per heavy atom. The number of carbonyl (C=O) groups is 1. The average Bonchev–Trinajstić information content (AvgIpc) is 2.51. The second-order valence-electron chi connectivity index (χ2n) is 7.14. The molecule has 126 valence electrons. The molecular weight excluding hydrogens is 288 g/mol. The molecule has 4 nitrogen and oxygen atoms in total. The number of benzene rings is 1. The number of para-hydroxylation sites is 2. The molecule has 1 aromatic rings. The number of anilines is 2. The second kappa shape index (κ2) is 6.91. The minimum absolute atomic E-state index is 0.254. The van der Waals surface area contributed by atoms with Crippen LogP contribution in [0, 0.1) is 11.8 Å². The molecule has 0 aromatic heterocycles. The molecule has 1 atom stereocenters. The van der Waals surface area contributed by atoms with Gasteiger partial charge in [0.25, 0.3) is 0 Å². The van der Waals surface area contributed by atoms with Crippen molar-refractivity contribution in [2.24, 2.45) is 11.8 Å². The molecule has 1 aliphatic carbocycles. The number of fused-ring (bicyclic) bond motifs is 1. The number of nitrogens with zero attached hydrogens (tertiary/aromatic N) is 1. The Hall–Kier alpha value is -1.55. The van der Waals surface area contributed by atoms with Crippen LogP contribution in [0.25, 0.3) is 0 Å². The molecule has 0 radical (unpaired) electrons. The Morgan fingerprint density at radius 1 is 1.35 bits per heavy atom. The van der Waals surface area contributed by atoms with Gasteiger partial charge in [0.2, 0.25) is 5.91 Å². The lowest BCUT2D eigenvalue weighted by Crippen LogP contribution is -2.48. The van der Waals surface area contributed by atoms with E-state index < -0.39 is 0 Å². The summed E-state index contributed by atoms with van der Waals surface area (Å²) in [4.78, 5) is 14.8. The number of hydrogen-bond donors (Lipinski definition) is 1. The first-order valence-electron chi connectivity index (χ1n) is 8.86. The molecule has 1 aromatic carbocycles. The highest BCUT2D eigenvalue weighted by atomic mass is 16.5. The lowest BCUT2D eigenvalue weighted by atomic mass is 9.79. The number of rotatable bonds is 5. The number of amides is 1. The van der Waals surface area contributed by atoms with Gasteiger partial charge in [-0.25, -0.2) is 0 Å². The van der Waals surface area contributed by atoms with Crippen molar-refractivity contribution in [3.63, 3.8) is 0 Å². The van der Waals surface area contributed by atoms with Crippen LogP contribution >= 0.6 is 0 Å². The van der Waals surface area contributed by atoms with Gasteiger partial charge in [-0.05, 0) is 43.7 Å². The molecule has 1 amide bonds. The van der Waals surface area contributed by atoms with Crippen molar-refractivity contribution in [2.75, 3.05) is 23.4 Å². The maximum Gasteiger partial charge on any atom is 0.227 e. The van der Waals surface area contributed by atoms with Crippen LogP contribution in [0.15, 0.2) is 24.3 Å². The maximum atomic E-state index is 12.9. The van der Waals surface area contributed by atoms with Crippen molar-refractivity contribution >= 4 is 17.3 Å². The van der Waals surface area contributed by atoms with Gasteiger partial charge >= 0.3 is 0 Å². The first-order valence-corrected chi connectivity index (χ1v) is 8.86. The Balaban J connectivity index is 1.67. The maximum absolute atomic E-state index is 12.9. The van der Waals surface area contributed by atoms with Crippen molar-refractivity contribution < 1.29 is 9.53 Å². The van der Waals surface area contributed by atoms with Crippen LogP contribution in [0.4, 0.5) is 11.4 Å². The quantitative estimate of drug-likeness (QED) is 0.901. The van der Waals surface area contributed by atoms with E-state index in [2.05, 4.69) is 25.2 Å². The van der Waals surface area contributed by atoms with Crippen LogP contribution in [0.5, 0.6) is 0 Å². The minimum Gasteiger partial charge on any atom is -0.379 e. The molecule has 1 unspecified atom stereocenters. The van der Waals surface area contributed by atoms with Gasteiger partial charge in [0, 0.05) is 25.6 Å². The second-order valence-corrected chi connectivity index (χ2v) is 7.14.